The van der Waals surface area contributed by atoms with E-state index in [-0.39, 0.29) is 5.41 Å². The lowest BCUT2D eigenvalue weighted by Gasteiger charge is -2.50. The lowest BCUT2D eigenvalue weighted by Crippen LogP contribution is -2.56. The molecule has 0 N–H and O–H groups in total. The van der Waals surface area contributed by atoms with Crippen LogP contribution in [0.25, 0.3) is 0 Å². The molecule has 0 bridgehead atoms. The van der Waals surface area contributed by atoms with Gasteiger partial charge in [-0.15, -0.1) is 0 Å². The summed E-state index contributed by atoms with van der Waals surface area (Å²) in [5, 5.41) is 0. The molecular weight excluding hydrogens is 342 g/mol. The van der Waals surface area contributed by atoms with Gasteiger partial charge < -0.3 is 9.64 Å². The smallest absolute Gasteiger partial charge is 0.222 e. The molecule has 1 fully saturated rings. The minimum absolute atomic E-state index is 0.0829. The number of benzene rings is 2. The van der Waals surface area contributed by atoms with Crippen LogP contribution < -0.4 is 4.74 Å². The lowest BCUT2D eigenvalue weighted by molar-refractivity contribution is -0.138. The van der Waals surface area contributed by atoms with E-state index in [9.17, 15) is 4.79 Å². The number of ether oxygens (including phenoxy) is 1. The second kappa shape index (κ2) is 6.66. The maximum Gasteiger partial charge on any atom is 0.222 e. The van der Waals surface area contributed by atoms with Crippen molar-refractivity contribution in [1.29, 1.82) is 0 Å². The zero-order valence-corrected chi connectivity index (χ0v) is 16.4. The fraction of sp³-hybridized carbons (Fsp3) is 0.409. The van der Waals surface area contributed by atoms with Gasteiger partial charge >= 0.3 is 0 Å². The van der Waals surface area contributed by atoms with E-state index in [1.807, 2.05) is 24.1 Å². The van der Waals surface area contributed by atoms with Gasteiger partial charge in [-0.3, -0.25) is 4.79 Å². The lowest BCUT2D eigenvalue weighted by atomic mass is 9.63. The van der Waals surface area contributed by atoms with E-state index < -0.39 is 0 Å². The van der Waals surface area contributed by atoms with Crippen LogP contribution in [0, 0.1) is 0 Å². The zero-order chi connectivity index (χ0) is 18.3. The maximum absolute atomic E-state index is 12.1. The molecule has 0 aromatic heterocycles. The molecule has 2 aromatic carbocycles. The van der Waals surface area contributed by atoms with Gasteiger partial charge in [-0.1, -0.05) is 24.8 Å². The number of rotatable bonds is 3. The summed E-state index contributed by atoms with van der Waals surface area (Å²) in [6.07, 6.45) is 3.72. The molecule has 1 saturated heterocycles. The number of piperidine rings is 1. The number of hydrogen-bond donors (Lipinski definition) is 0. The molecule has 136 valence electrons. The molecule has 2 atom stereocenters. The highest BCUT2D eigenvalue weighted by molar-refractivity contribution is 7.99. The van der Waals surface area contributed by atoms with Gasteiger partial charge in [0, 0.05) is 34.7 Å². The first-order chi connectivity index (χ1) is 12.5. The van der Waals surface area contributed by atoms with E-state index in [1.54, 1.807) is 18.9 Å². The van der Waals surface area contributed by atoms with Crippen LogP contribution in [0.1, 0.15) is 37.3 Å². The van der Waals surface area contributed by atoms with Crippen molar-refractivity contribution in [3.63, 3.8) is 0 Å². The average molecular weight is 368 g/mol. The van der Waals surface area contributed by atoms with Gasteiger partial charge in [-0.25, -0.2) is 0 Å². The number of likely N-dealkylation sites (tertiary alicyclic amines) is 1. The summed E-state index contributed by atoms with van der Waals surface area (Å²) in [6.45, 7) is 2.34. The third-order valence-corrected chi connectivity index (χ3v) is 7.13. The van der Waals surface area contributed by atoms with Gasteiger partial charge in [-0.2, -0.15) is 0 Å². The molecule has 1 aliphatic heterocycles. The Bertz CT molecular complexity index is 833. The Hall–Kier alpha value is -1.94. The number of nitrogens with zero attached hydrogens (tertiary/aromatic N) is 1. The molecule has 2 aromatic rings. The Morgan fingerprint density at radius 2 is 1.85 bits per heavy atom. The number of likely N-dealkylation sites (N-methyl/N-ethyl adjacent to an activating group) is 1. The maximum atomic E-state index is 12.1. The minimum atomic E-state index is 0.0829. The van der Waals surface area contributed by atoms with E-state index >= 15 is 0 Å². The number of carbonyl (C=O) groups excluding carboxylic acids is 1. The summed E-state index contributed by atoms with van der Waals surface area (Å²) in [7, 11) is 3.67. The second-order valence-corrected chi connectivity index (χ2v) is 8.72. The number of carbonyl (C=O) groups is 1. The number of aryl methyl sites for hydroxylation is 1. The highest BCUT2D eigenvalue weighted by Gasteiger charge is 2.46. The first-order valence-electron chi connectivity index (χ1n) is 9.22. The predicted octanol–water partition coefficient (Wildman–Crippen LogP) is 4.67. The second-order valence-electron chi connectivity index (χ2n) is 7.57. The molecule has 0 unspecified atom stereocenters. The summed E-state index contributed by atoms with van der Waals surface area (Å²) in [5.41, 5.74) is 2.97. The minimum Gasteiger partial charge on any atom is -0.497 e. The van der Waals surface area contributed by atoms with Crippen molar-refractivity contribution in [2.24, 2.45) is 0 Å². The summed E-state index contributed by atoms with van der Waals surface area (Å²) in [5.74, 6) is 1.18. The first-order valence-corrected chi connectivity index (χ1v) is 10.0. The highest BCUT2D eigenvalue weighted by Crippen LogP contribution is 2.46. The van der Waals surface area contributed by atoms with E-state index in [0.717, 1.165) is 25.0 Å². The van der Waals surface area contributed by atoms with Crippen molar-refractivity contribution in [1.82, 2.24) is 4.90 Å². The summed E-state index contributed by atoms with van der Waals surface area (Å²) in [6, 6.07) is 15.4. The van der Waals surface area contributed by atoms with Crippen LogP contribution in [0.5, 0.6) is 5.75 Å². The Kier molecular flexibility index (Phi) is 4.47. The van der Waals surface area contributed by atoms with Crippen LogP contribution in [0.15, 0.2) is 52.3 Å². The summed E-state index contributed by atoms with van der Waals surface area (Å²) < 4.78 is 5.23. The normalized spacial score (nSPS) is 24.8. The predicted molar refractivity (Wildman–Crippen MR) is 105 cm³/mol. The van der Waals surface area contributed by atoms with Crippen LogP contribution in [0.4, 0.5) is 0 Å². The van der Waals surface area contributed by atoms with Crippen LogP contribution in [0.2, 0.25) is 0 Å². The standard InChI is InChI=1S/C22H25NO2S/c1-22-13-12-21(24)23(2)20(22)11-4-15-14-18(9-10-19(15)22)26-17-7-5-16(25-3)6-8-17/h5-10,14,20H,4,11-13H2,1-3H3/t20-,22-/m1/s1. The molecule has 1 amide bonds. The van der Waals surface area contributed by atoms with Crippen LogP contribution in [0.3, 0.4) is 0 Å². The van der Waals surface area contributed by atoms with Crippen LogP contribution in [-0.4, -0.2) is 31.0 Å². The summed E-state index contributed by atoms with van der Waals surface area (Å²) >= 11 is 1.79. The van der Waals surface area contributed by atoms with Gasteiger partial charge in [0.2, 0.25) is 5.91 Å². The largest absolute Gasteiger partial charge is 0.497 e. The fourth-order valence-corrected chi connectivity index (χ4v) is 5.49. The molecule has 3 nitrogen and oxygen atoms in total. The number of methoxy groups -OCH3 is 1. The number of fused-ring (bicyclic) bond motifs is 3. The number of amides is 1. The quantitative estimate of drug-likeness (QED) is 0.789. The molecule has 1 heterocycles. The van der Waals surface area contributed by atoms with Gasteiger partial charge in [0.15, 0.2) is 0 Å². The Morgan fingerprint density at radius 1 is 1.12 bits per heavy atom. The van der Waals surface area contributed by atoms with Crippen molar-refractivity contribution >= 4 is 17.7 Å². The van der Waals surface area contributed by atoms with E-state index in [4.69, 9.17) is 4.74 Å². The Labute approximate surface area is 159 Å². The molecule has 4 rings (SSSR count). The molecular formula is C22H25NO2S. The van der Waals surface area contributed by atoms with Gasteiger partial charge in [0.25, 0.3) is 0 Å². The third-order valence-electron chi connectivity index (χ3n) is 6.13. The van der Waals surface area contributed by atoms with Crippen molar-refractivity contribution in [3.8, 4) is 5.75 Å². The number of hydrogen-bond acceptors (Lipinski definition) is 3. The fourth-order valence-electron chi connectivity index (χ4n) is 4.61. The molecule has 2 aliphatic rings. The zero-order valence-electron chi connectivity index (χ0n) is 15.6. The van der Waals surface area contributed by atoms with Crippen LogP contribution >= 0.6 is 11.8 Å². The average Bonchev–Trinajstić information content (AvgIpc) is 2.65. The summed E-state index contributed by atoms with van der Waals surface area (Å²) in [4.78, 5) is 16.6. The third kappa shape index (κ3) is 2.90. The topological polar surface area (TPSA) is 29.5 Å². The van der Waals surface area contributed by atoms with Crippen molar-refractivity contribution in [3.05, 3.63) is 53.6 Å². The van der Waals surface area contributed by atoms with E-state index in [0.29, 0.717) is 18.4 Å². The van der Waals surface area contributed by atoms with Gasteiger partial charge in [0.1, 0.15) is 5.75 Å². The molecule has 4 heteroatoms. The monoisotopic (exact) mass is 367 g/mol. The molecule has 1 aliphatic carbocycles. The van der Waals surface area contributed by atoms with Crippen LogP contribution in [-0.2, 0) is 16.6 Å². The molecule has 0 spiro atoms. The molecule has 0 radical (unpaired) electrons. The van der Waals surface area contributed by atoms with Crippen molar-refractivity contribution < 1.29 is 9.53 Å². The first kappa shape index (κ1) is 17.5. The van der Waals surface area contributed by atoms with Gasteiger partial charge in [-0.05, 0) is 66.8 Å². The highest BCUT2D eigenvalue weighted by atomic mass is 32.2. The SMILES string of the molecule is COc1ccc(Sc2ccc3c(c2)CC[C@H]2N(C)C(=O)CC[C@]32C)cc1. The Balaban J connectivity index is 1.60. The molecule has 0 saturated carbocycles. The van der Waals surface area contributed by atoms with Gasteiger partial charge in [0.05, 0.1) is 7.11 Å². The Morgan fingerprint density at radius 3 is 2.58 bits per heavy atom. The molecule has 26 heavy (non-hydrogen) atoms. The van der Waals surface area contributed by atoms with E-state index in [1.165, 1.54) is 20.9 Å². The van der Waals surface area contributed by atoms with E-state index in [2.05, 4.69) is 37.3 Å². The van der Waals surface area contributed by atoms with Crippen molar-refractivity contribution in [2.45, 2.75) is 53.9 Å². The van der Waals surface area contributed by atoms with Crippen molar-refractivity contribution in [2.75, 3.05) is 14.2 Å².